The van der Waals surface area contributed by atoms with Crippen molar-refractivity contribution in [3.8, 4) is 34.1 Å². The highest BCUT2D eigenvalue weighted by atomic mass is 16.5. The first-order chi connectivity index (χ1) is 22.5. The lowest BCUT2D eigenvalue weighted by Gasteiger charge is -2.32. The van der Waals surface area contributed by atoms with E-state index in [9.17, 15) is 0 Å². The van der Waals surface area contributed by atoms with Gasteiger partial charge in [-0.15, -0.1) is 0 Å². The van der Waals surface area contributed by atoms with Crippen LogP contribution in [-0.4, -0.2) is 28.2 Å². The Morgan fingerprint density at radius 2 is 0.652 bits per heavy atom. The maximum Gasteiger partial charge on any atom is 0.134 e. The van der Waals surface area contributed by atoms with Gasteiger partial charge >= 0.3 is 0 Å². The summed E-state index contributed by atoms with van der Waals surface area (Å²) in [6, 6.07) is 47.2. The molecule has 6 aromatic carbocycles. The van der Waals surface area contributed by atoms with E-state index in [-0.39, 0.29) is 0 Å². The fourth-order valence-electron chi connectivity index (χ4n) is 6.66. The van der Waals surface area contributed by atoms with E-state index in [1.165, 1.54) is 11.8 Å². The van der Waals surface area contributed by atoms with Crippen molar-refractivity contribution in [2.24, 2.45) is 0 Å². The van der Waals surface area contributed by atoms with Gasteiger partial charge in [0, 0.05) is 74.0 Å². The maximum absolute atomic E-state index is 6.52. The molecule has 0 spiro atoms. The topological polar surface area (TPSA) is 24.9 Å². The summed E-state index contributed by atoms with van der Waals surface area (Å²) < 4.78 is 13.0. The van der Waals surface area contributed by atoms with Gasteiger partial charge in [-0.3, -0.25) is 0 Å². The molecular weight excluding hydrogens is 564 g/mol. The van der Waals surface area contributed by atoms with E-state index < -0.39 is 0 Å². The molecule has 0 aromatic heterocycles. The molecule has 0 bridgehead atoms. The number of hydrogen-bond donors (Lipinski definition) is 0. The Balaban J connectivity index is 1.34. The zero-order chi connectivity index (χ0) is 31.4. The summed E-state index contributed by atoms with van der Waals surface area (Å²) in [6.07, 6.45) is 0. The summed E-state index contributed by atoms with van der Waals surface area (Å²) in [5.74, 6) is 5.79. The standard InChI is InChI=1S/C42H34N2O2/c1-43(2)27-21-23-35-39(25-27)45-37-19-11-9-17-33(37)41(35)31-15-7-5-13-29(31)30-14-6-8-16-32(30)42-34-18-10-12-20-38(34)46-40-26-28(44(3)4)22-24-36(40)42/h5-26H,1-4H3. The van der Waals surface area contributed by atoms with Crippen LogP contribution in [-0.2, 0) is 0 Å². The van der Waals surface area contributed by atoms with Gasteiger partial charge in [0.2, 0.25) is 0 Å². The molecule has 0 aliphatic carbocycles. The minimum Gasteiger partial charge on any atom is -0.457 e. The molecule has 4 nitrogen and oxygen atoms in total. The minimum atomic E-state index is 0.862. The lowest BCUT2D eigenvalue weighted by atomic mass is 9.76. The van der Waals surface area contributed by atoms with Gasteiger partial charge in [-0.2, -0.15) is 0 Å². The second-order valence-electron chi connectivity index (χ2n) is 12.2. The molecule has 224 valence electrons. The monoisotopic (exact) mass is 598 g/mol. The summed E-state index contributed by atoms with van der Waals surface area (Å²) >= 11 is 0. The molecule has 2 heterocycles. The van der Waals surface area contributed by atoms with Crippen LogP contribution < -0.4 is 19.3 Å². The summed E-state index contributed by atoms with van der Waals surface area (Å²) in [6.45, 7) is 0. The van der Waals surface area contributed by atoms with Crippen LogP contribution in [0.15, 0.2) is 133 Å². The third-order valence-electron chi connectivity index (χ3n) is 8.94. The highest BCUT2D eigenvalue weighted by Gasteiger charge is 2.34. The molecular formula is C42H34N2O2. The second-order valence-corrected chi connectivity index (χ2v) is 12.2. The van der Waals surface area contributed by atoms with E-state index in [4.69, 9.17) is 9.47 Å². The van der Waals surface area contributed by atoms with E-state index in [1.54, 1.807) is 0 Å². The van der Waals surface area contributed by atoms with Crippen LogP contribution in [0.2, 0.25) is 0 Å². The molecule has 0 saturated heterocycles. The smallest absolute Gasteiger partial charge is 0.134 e. The lowest BCUT2D eigenvalue weighted by Crippen LogP contribution is -2.16. The Morgan fingerprint density at radius 1 is 0.326 bits per heavy atom. The molecule has 2 aliphatic heterocycles. The predicted octanol–water partition coefficient (Wildman–Crippen LogP) is 9.74. The number of rotatable bonds is 5. The zero-order valence-corrected chi connectivity index (χ0v) is 26.4. The third kappa shape index (κ3) is 4.60. The summed E-state index contributed by atoms with van der Waals surface area (Å²) in [5, 5.41) is 0. The number of nitrogens with zero attached hydrogens (tertiary/aromatic N) is 2. The fourth-order valence-corrected chi connectivity index (χ4v) is 6.66. The average Bonchev–Trinajstić information content (AvgIpc) is 3.09. The Bertz CT molecular complexity index is 1950. The summed E-state index contributed by atoms with van der Waals surface area (Å²) in [7, 11) is 8.23. The maximum atomic E-state index is 6.52. The van der Waals surface area contributed by atoms with Crippen LogP contribution in [0.3, 0.4) is 0 Å². The third-order valence-corrected chi connectivity index (χ3v) is 8.94. The normalized spacial score (nSPS) is 13.4. The van der Waals surface area contributed by atoms with Crippen LogP contribution in [0.1, 0.15) is 33.4 Å². The van der Waals surface area contributed by atoms with E-state index in [0.717, 1.165) is 78.9 Å². The SMILES string of the molecule is CN(C)c1ccc2c(c1)Oc1ccccc1[C]2c1ccccc1-c1ccccc1[C]1c2ccccc2Oc2cc(N(C)C)ccc21. The van der Waals surface area contributed by atoms with Gasteiger partial charge in [0.25, 0.3) is 0 Å². The largest absolute Gasteiger partial charge is 0.457 e. The first-order valence-corrected chi connectivity index (χ1v) is 15.6. The number of para-hydroxylation sites is 2. The highest BCUT2D eigenvalue weighted by Crippen LogP contribution is 2.52. The first kappa shape index (κ1) is 28.0. The summed E-state index contributed by atoms with van der Waals surface area (Å²) in [5.41, 5.74) is 11.2. The van der Waals surface area contributed by atoms with Gasteiger partial charge in [-0.25, -0.2) is 0 Å². The van der Waals surface area contributed by atoms with Crippen LogP contribution in [0, 0.1) is 11.8 Å². The molecule has 46 heavy (non-hydrogen) atoms. The highest BCUT2D eigenvalue weighted by molar-refractivity contribution is 5.84. The molecule has 0 saturated carbocycles. The predicted molar refractivity (Wildman–Crippen MR) is 188 cm³/mol. The number of hydrogen-bond acceptors (Lipinski definition) is 4. The molecule has 8 rings (SSSR count). The Hall–Kier alpha value is -5.48. The van der Waals surface area contributed by atoms with Crippen molar-refractivity contribution < 1.29 is 9.47 Å². The molecule has 6 aromatic rings. The first-order valence-electron chi connectivity index (χ1n) is 15.6. The lowest BCUT2D eigenvalue weighted by molar-refractivity contribution is 0.465. The molecule has 0 unspecified atom stereocenters. The Labute approximate surface area is 271 Å². The van der Waals surface area contributed by atoms with Crippen molar-refractivity contribution in [3.63, 3.8) is 0 Å². The molecule has 2 radical (unpaired) electrons. The molecule has 0 N–H and O–H groups in total. The van der Waals surface area contributed by atoms with Crippen molar-refractivity contribution in [2.75, 3.05) is 38.0 Å². The van der Waals surface area contributed by atoms with Gasteiger partial charge in [-0.05, 0) is 46.5 Å². The Morgan fingerprint density at radius 3 is 1.04 bits per heavy atom. The van der Waals surface area contributed by atoms with Gasteiger partial charge in [-0.1, -0.05) is 97.1 Å². The Kier molecular flexibility index (Phi) is 6.79. The van der Waals surface area contributed by atoms with Crippen molar-refractivity contribution >= 4 is 11.4 Å². The fraction of sp³-hybridized carbons (Fsp3) is 0.0952. The molecule has 0 amide bonds. The van der Waals surface area contributed by atoms with E-state index in [2.05, 4.69) is 159 Å². The molecule has 4 heteroatoms. The van der Waals surface area contributed by atoms with Crippen LogP contribution in [0.25, 0.3) is 11.1 Å². The minimum absolute atomic E-state index is 0.862. The van der Waals surface area contributed by atoms with Gasteiger partial charge in [0.15, 0.2) is 0 Å². The van der Waals surface area contributed by atoms with Crippen LogP contribution >= 0.6 is 0 Å². The van der Waals surface area contributed by atoms with Gasteiger partial charge in [0.05, 0.1) is 11.8 Å². The second kappa shape index (κ2) is 11.1. The quantitative estimate of drug-likeness (QED) is 0.197. The van der Waals surface area contributed by atoms with E-state index >= 15 is 0 Å². The van der Waals surface area contributed by atoms with Gasteiger partial charge < -0.3 is 19.3 Å². The van der Waals surface area contributed by atoms with E-state index in [1.807, 2.05) is 12.1 Å². The van der Waals surface area contributed by atoms with Crippen molar-refractivity contribution in [3.05, 3.63) is 179 Å². The van der Waals surface area contributed by atoms with Crippen molar-refractivity contribution in [1.29, 1.82) is 0 Å². The zero-order valence-electron chi connectivity index (χ0n) is 26.4. The van der Waals surface area contributed by atoms with E-state index in [0.29, 0.717) is 0 Å². The van der Waals surface area contributed by atoms with Crippen molar-refractivity contribution in [1.82, 2.24) is 0 Å². The number of benzene rings is 6. The number of ether oxygens (including phenoxy) is 2. The molecule has 0 atom stereocenters. The number of fused-ring (bicyclic) bond motifs is 4. The van der Waals surface area contributed by atoms with Crippen LogP contribution in [0.5, 0.6) is 23.0 Å². The molecule has 0 fully saturated rings. The summed E-state index contributed by atoms with van der Waals surface area (Å²) in [4.78, 5) is 4.21. The number of anilines is 2. The molecule has 2 aliphatic rings. The van der Waals surface area contributed by atoms with Crippen molar-refractivity contribution in [2.45, 2.75) is 0 Å². The van der Waals surface area contributed by atoms with Crippen LogP contribution in [0.4, 0.5) is 11.4 Å². The van der Waals surface area contributed by atoms with Gasteiger partial charge in [0.1, 0.15) is 23.0 Å². The average molecular weight is 599 g/mol.